The second kappa shape index (κ2) is 8.46. The van der Waals surface area contributed by atoms with Crippen LogP contribution in [0.3, 0.4) is 0 Å². The first-order chi connectivity index (χ1) is 13.8. The van der Waals surface area contributed by atoms with Crippen LogP contribution in [0.25, 0.3) is 0 Å². The predicted molar refractivity (Wildman–Crippen MR) is 104 cm³/mol. The quantitative estimate of drug-likeness (QED) is 0.444. The van der Waals surface area contributed by atoms with Gasteiger partial charge in [-0.25, -0.2) is 4.79 Å². The fourth-order valence-electron chi connectivity index (χ4n) is 3.68. The molecule has 1 heterocycles. The van der Waals surface area contributed by atoms with Crippen LogP contribution in [0, 0.1) is 18.8 Å². The third-order valence-corrected chi connectivity index (χ3v) is 5.24. The molecule has 1 aromatic carbocycles. The normalized spacial score (nSPS) is 21.6. The molecule has 0 bridgehead atoms. The number of amides is 3. The minimum Gasteiger partial charge on any atom is -0.495 e. The van der Waals surface area contributed by atoms with Crippen LogP contribution in [-0.2, 0) is 23.9 Å². The third kappa shape index (κ3) is 4.16. The van der Waals surface area contributed by atoms with Crippen LogP contribution in [-0.4, -0.2) is 48.3 Å². The Bertz CT molecular complexity index is 852. The summed E-state index contributed by atoms with van der Waals surface area (Å²) in [5.74, 6) is -2.42. The number of esters is 1. The molecule has 8 heteroatoms. The second-order valence-electron chi connectivity index (χ2n) is 7.24. The molecule has 3 amide bonds. The Kier molecular flexibility index (Phi) is 6.00. The van der Waals surface area contributed by atoms with Gasteiger partial charge in [-0.3, -0.25) is 19.3 Å². The molecule has 0 saturated carbocycles. The molecule has 1 N–H and O–H groups in total. The van der Waals surface area contributed by atoms with Crippen molar-refractivity contribution in [3.63, 3.8) is 0 Å². The maximum atomic E-state index is 12.5. The average Bonchev–Trinajstić information content (AvgIpc) is 2.96. The summed E-state index contributed by atoms with van der Waals surface area (Å²) in [7, 11) is 1.49. The van der Waals surface area contributed by atoms with Gasteiger partial charge in [0.2, 0.25) is 11.8 Å². The van der Waals surface area contributed by atoms with E-state index in [0.29, 0.717) is 24.3 Å². The first-order valence-electron chi connectivity index (χ1n) is 9.46. The van der Waals surface area contributed by atoms with Gasteiger partial charge in [0.1, 0.15) is 11.8 Å². The zero-order valence-corrected chi connectivity index (χ0v) is 16.6. The van der Waals surface area contributed by atoms with Gasteiger partial charge in [0, 0.05) is 0 Å². The lowest BCUT2D eigenvalue weighted by Gasteiger charge is -2.21. The monoisotopic (exact) mass is 400 g/mol. The van der Waals surface area contributed by atoms with Crippen LogP contribution in [0.2, 0.25) is 0 Å². The van der Waals surface area contributed by atoms with Gasteiger partial charge < -0.3 is 14.8 Å². The standard InChI is InChI=1S/C21H24N2O6/c1-12-8-9-17(28-3)16(10-12)22-18(24)11-29-21(27)13(2)23-19(25)14-6-4-5-7-15(14)20(23)26/h4-5,8-10,13-15H,6-7,11H2,1-3H3,(H,22,24)/t13-,14-,15-/m0/s1. The zero-order valence-electron chi connectivity index (χ0n) is 16.6. The van der Waals surface area contributed by atoms with Crippen molar-refractivity contribution in [2.24, 2.45) is 11.8 Å². The molecule has 1 aliphatic carbocycles. The minimum absolute atomic E-state index is 0.359. The Morgan fingerprint density at radius 3 is 2.38 bits per heavy atom. The highest BCUT2D eigenvalue weighted by atomic mass is 16.5. The van der Waals surface area contributed by atoms with Crippen molar-refractivity contribution in [1.29, 1.82) is 0 Å². The number of rotatable bonds is 6. The Morgan fingerprint density at radius 2 is 1.79 bits per heavy atom. The van der Waals surface area contributed by atoms with Gasteiger partial charge in [0.05, 0.1) is 24.6 Å². The number of allylic oxidation sites excluding steroid dienone is 2. The number of fused-ring (bicyclic) bond motifs is 1. The smallest absolute Gasteiger partial charge is 0.329 e. The summed E-state index contributed by atoms with van der Waals surface area (Å²) in [6, 6.07) is 4.21. The third-order valence-electron chi connectivity index (χ3n) is 5.24. The van der Waals surface area contributed by atoms with E-state index in [2.05, 4.69) is 5.32 Å². The summed E-state index contributed by atoms with van der Waals surface area (Å²) in [6.45, 7) is 2.77. The first kappa shape index (κ1) is 20.6. The lowest BCUT2D eigenvalue weighted by atomic mass is 9.85. The number of ether oxygens (including phenoxy) is 2. The summed E-state index contributed by atoms with van der Waals surface area (Å²) in [6.07, 6.45) is 4.74. The molecule has 1 aliphatic heterocycles. The maximum Gasteiger partial charge on any atom is 0.329 e. The van der Waals surface area contributed by atoms with Gasteiger partial charge in [-0.05, 0) is 44.4 Å². The average molecular weight is 400 g/mol. The number of hydrogen-bond acceptors (Lipinski definition) is 6. The number of carbonyl (C=O) groups excluding carboxylic acids is 4. The van der Waals surface area contributed by atoms with Gasteiger partial charge in [-0.1, -0.05) is 18.2 Å². The summed E-state index contributed by atoms with van der Waals surface area (Å²) in [5, 5.41) is 2.63. The molecule has 2 aliphatic rings. The van der Waals surface area contributed by atoms with Gasteiger partial charge in [-0.2, -0.15) is 0 Å². The lowest BCUT2D eigenvalue weighted by Crippen LogP contribution is -2.45. The summed E-state index contributed by atoms with van der Waals surface area (Å²) in [5.41, 5.74) is 1.39. The number of nitrogens with zero attached hydrogens (tertiary/aromatic N) is 1. The van der Waals surface area contributed by atoms with E-state index >= 15 is 0 Å². The van der Waals surface area contributed by atoms with Crippen LogP contribution >= 0.6 is 0 Å². The summed E-state index contributed by atoms with van der Waals surface area (Å²) in [4.78, 5) is 50.6. The van der Waals surface area contributed by atoms with Crippen molar-refractivity contribution in [3.05, 3.63) is 35.9 Å². The molecule has 0 unspecified atom stereocenters. The fraction of sp³-hybridized carbons (Fsp3) is 0.429. The number of likely N-dealkylation sites (tertiary alicyclic amines) is 1. The Morgan fingerprint density at radius 1 is 1.17 bits per heavy atom. The molecular weight excluding hydrogens is 376 g/mol. The number of methoxy groups -OCH3 is 1. The van der Waals surface area contributed by atoms with E-state index in [0.717, 1.165) is 10.5 Å². The van der Waals surface area contributed by atoms with Gasteiger partial charge >= 0.3 is 5.97 Å². The van der Waals surface area contributed by atoms with Crippen LogP contribution in [0.1, 0.15) is 25.3 Å². The maximum absolute atomic E-state index is 12.5. The molecular formula is C21H24N2O6. The van der Waals surface area contributed by atoms with Crippen LogP contribution in [0.15, 0.2) is 30.4 Å². The number of carbonyl (C=O) groups is 4. The molecule has 154 valence electrons. The van der Waals surface area contributed by atoms with Crippen molar-refractivity contribution in [3.8, 4) is 5.75 Å². The first-order valence-corrected chi connectivity index (χ1v) is 9.46. The molecule has 3 rings (SSSR count). The number of aryl methyl sites for hydroxylation is 1. The van der Waals surface area contributed by atoms with Gasteiger partial charge in [0.25, 0.3) is 5.91 Å². The highest BCUT2D eigenvalue weighted by molar-refractivity contribution is 6.08. The lowest BCUT2D eigenvalue weighted by molar-refractivity contribution is -0.159. The van der Waals surface area contributed by atoms with E-state index < -0.39 is 36.4 Å². The van der Waals surface area contributed by atoms with Crippen molar-refractivity contribution in [2.75, 3.05) is 19.0 Å². The predicted octanol–water partition coefficient (Wildman–Crippen LogP) is 1.83. The van der Waals surface area contributed by atoms with Gasteiger partial charge in [0.15, 0.2) is 6.61 Å². The molecule has 1 saturated heterocycles. The largest absolute Gasteiger partial charge is 0.495 e. The molecule has 3 atom stereocenters. The van der Waals surface area contributed by atoms with Crippen molar-refractivity contribution in [1.82, 2.24) is 4.90 Å². The Labute approximate surface area is 168 Å². The van der Waals surface area contributed by atoms with E-state index in [1.54, 1.807) is 12.1 Å². The van der Waals surface area contributed by atoms with E-state index in [1.807, 2.05) is 25.1 Å². The number of anilines is 1. The fourth-order valence-corrected chi connectivity index (χ4v) is 3.68. The second-order valence-corrected chi connectivity index (χ2v) is 7.24. The Hall–Kier alpha value is -3.16. The van der Waals surface area contributed by atoms with Crippen LogP contribution in [0.4, 0.5) is 5.69 Å². The summed E-state index contributed by atoms with van der Waals surface area (Å²) < 4.78 is 10.2. The van der Waals surface area contributed by atoms with E-state index in [9.17, 15) is 19.2 Å². The molecule has 0 radical (unpaired) electrons. The summed E-state index contributed by atoms with van der Waals surface area (Å²) >= 11 is 0. The molecule has 8 nitrogen and oxygen atoms in total. The van der Waals surface area contributed by atoms with Crippen LogP contribution < -0.4 is 10.1 Å². The van der Waals surface area contributed by atoms with E-state index in [4.69, 9.17) is 9.47 Å². The van der Waals surface area contributed by atoms with Crippen molar-refractivity contribution < 1.29 is 28.7 Å². The SMILES string of the molecule is COc1ccc(C)cc1NC(=O)COC(=O)[C@H](C)N1C(=O)[C@H]2CC=CC[C@@H]2C1=O. The number of benzene rings is 1. The molecule has 0 spiro atoms. The number of imide groups is 1. The number of nitrogens with one attached hydrogen (secondary N) is 1. The highest BCUT2D eigenvalue weighted by Gasteiger charge is 2.50. The number of hydrogen-bond donors (Lipinski definition) is 1. The highest BCUT2D eigenvalue weighted by Crippen LogP contribution is 2.36. The van der Waals surface area contributed by atoms with E-state index in [-0.39, 0.29) is 11.8 Å². The van der Waals surface area contributed by atoms with Gasteiger partial charge in [-0.15, -0.1) is 0 Å². The Balaban J connectivity index is 1.58. The molecule has 0 aromatic heterocycles. The molecule has 1 fully saturated rings. The molecule has 1 aromatic rings. The van der Waals surface area contributed by atoms with Crippen molar-refractivity contribution in [2.45, 2.75) is 32.7 Å². The zero-order chi connectivity index (χ0) is 21.1. The topological polar surface area (TPSA) is 102 Å². The van der Waals surface area contributed by atoms with E-state index in [1.165, 1.54) is 14.0 Å². The van der Waals surface area contributed by atoms with Crippen LogP contribution in [0.5, 0.6) is 5.75 Å². The minimum atomic E-state index is -1.08. The van der Waals surface area contributed by atoms with Crippen molar-refractivity contribution >= 4 is 29.4 Å². The molecule has 29 heavy (non-hydrogen) atoms.